The zero-order valence-corrected chi connectivity index (χ0v) is 15.9. The number of hydrogen-bond acceptors (Lipinski definition) is 4. The largest absolute Gasteiger partial charge is 0.335 e. The lowest BCUT2D eigenvalue weighted by molar-refractivity contribution is 0.0621. The Hall–Kier alpha value is -1.89. The fourth-order valence-electron chi connectivity index (χ4n) is 3.73. The maximum atomic E-state index is 12.8. The maximum absolute atomic E-state index is 12.8. The van der Waals surface area contributed by atoms with Crippen LogP contribution in [-0.2, 0) is 19.5 Å². The Morgan fingerprint density at radius 3 is 2.81 bits per heavy atom. The average molecular weight is 376 g/mol. The quantitative estimate of drug-likeness (QED) is 0.857. The average Bonchev–Trinajstić information content (AvgIpc) is 3.06. The molecule has 0 bridgehead atoms. The van der Waals surface area contributed by atoms with Crippen LogP contribution in [0.4, 0.5) is 0 Å². The molecule has 1 saturated heterocycles. The molecular weight excluding hydrogens is 350 g/mol. The van der Waals surface area contributed by atoms with E-state index in [1.54, 1.807) is 0 Å². The fraction of sp³-hybridized carbons (Fsp3) is 0.474. The third-order valence-corrected chi connectivity index (χ3v) is 5.16. The number of hydrogen-bond donors (Lipinski definition) is 2. The van der Waals surface area contributed by atoms with Gasteiger partial charge in [-0.2, -0.15) is 5.10 Å². The fourth-order valence-corrected chi connectivity index (χ4v) is 3.73. The van der Waals surface area contributed by atoms with E-state index < -0.39 is 0 Å². The minimum Gasteiger partial charge on any atom is -0.335 e. The number of fused-ring (bicyclic) bond motifs is 1. The first-order chi connectivity index (χ1) is 12.2. The van der Waals surface area contributed by atoms with Crippen molar-refractivity contribution in [1.82, 2.24) is 25.3 Å². The molecule has 1 aromatic heterocycles. The number of benzene rings is 1. The number of amides is 1. The van der Waals surface area contributed by atoms with Crippen LogP contribution in [0.3, 0.4) is 0 Å². The molecule has 2 aliphatic rings. The summed E-state index contributed by atoms with van der Waals surface area (Å²) < 4.78 is 0. The van der Waals surface area contributed by atoms with Gasteiger partial charge in [0.15, 0.2) is 5.69 Å². The number of aromatic nitrogens is 2. The number of nitrogens with one attached hydrogen (secondary N) is 2. The molecule has 7 heteroatoms. The Balaban J connectivity index is 0.00000196. The summed E-state index contributed by atoms with van der Waals surface area (Å²) in [6, 6.07) is 8.65. The first-order valence-corrected chi connectivity index (χ1v) is 9.05. The number of halogens is 1. The highest BCUT2D eigenvalue weighted by Gasteiger charge is 2.27. The Bertz CT molecular complexity index is 767. The molecule has 2 aromatic rings. The summed E-state index contributed by atoms with van der Waals surface area (Å²) >= 11 is 0. The van der Waals surface area contributed by atoms with Gasteiger partial charge in [0.25, 0.3) is 5.91 Å². The van der Waals surface area contributed by atoms with E-state index in [-0.39, 0.29) is 18.3 Å². The summed E-state index contributed by atoms with van der Waals surface area (Å²) in [5.74, 6) is 0.0661. The Labute approximate surface area is 160 Å². The van der Waals surface area contributed by atoms with Gasteiger partial charge in [0.05, 0.1) is 0 Å². The highest BCUT2D eigenvalue weighted by atomic mass is 35.5. The van der Waals surface area contributed by atoms with Gasteiger partial charge < -0.3 is 10.2 Å². The predicted molar refractivity (Wildman–Crippen MR) is 104 cm³/mol. The van der Waals surface area contributed by atoms with Crippen molar-refractivity contribution in [1.29, 1.82) is 0 Å². The zero-order valence-electron chi connectivity index (χ0n) is 15.1. The minimum absolute atomic E-state index is 0. The zero-order chi connectivity index (χ0) is 17.2. The molecule has 0 saturated carbocycles. The van der Waals surface area contributed by atoms with Crippen molar-refractivity contribution in [3.63, 3.8) is 0 Å². The summed E-state index contributed by atoms with van der Waals surface area (Å²) in [6.45, 7) is 8.10. The Morgan fingerprint density at radius 1 is 1.23 bits per heavy atom. The summed E-state index contributed by atoms with van der Waals surface area (Å²) in [4.78, 5) is 17.2. The number of H-pyrrole nitrogens is 1. The van der Waals surface area contributed by atoms with Crippen molar-refractivity contribution in [2.75, 3.05) is 32.7 Å². The molecule has 140 valence electrons. The van der Waals surface area contributed by atoms with E-state index in [9.17, 15) is 4.79 Å². The summed E-state index contributed by atoms with van der Waals surface area (Å²) in [7, 11) is 0. The lowest BCUT2D eigenvalue weighted by Crippen LogP contribution is -2.48. The van der Waals surface area contributed by atoms with Crippen LogP contribution >= 0.6 is 12.4 Å². The molecule has 26 heavy (non-hydrogen) atoms. The van der Waals surface area contributed by atoms with Gasteiger partial charge in [-0.3, -0.25) is 14.8 Å². The number of aromatic amines is 1. The van der Waals surface area contributed by atoms with E-state index in [0.717, 1.165) is 63.5 Å². The van der Waals surface area contributed by atoms with E-state index in [1.165, 1.54) is 11.1 Å². The molecule has 1 amide bonds. The Kier molecular flexibility index (Phi) is 5.96. The smallest absolute Gasteiger partial charge is 0.274 e. The van der Waals surface area contributed by atoms with Crippen LogP contribution in [0.25, 0.3) is 0 Å². The number of aryl methyl sites for hydroxylation is 1. The molecule has 1 fully saturated rings. The molecule has 2 aliphatic heterocycles. The molecule has 0 atom stereocenters. The van der Waals surface area contributed by atoms with Crippen LogP contribution < -0.4 is 5.32 Å². The van der Waals surface area contributed by atoms with Crippen molar-refractivity contribution in [2.24, 2.45) is 0 Å². The molecular formula is C19H26ClN5O. The SMILES string of the molecule is Cc1cccc(CN2CCN(C(=O)c3n[nH]c4c3CNCC4)CC2)c1.Cl. The number of rotatable bonds is 3. The summed E-state index contributed by atoms with van der Waals surface area (Å²) in [6.07, 6.45) is 0.917. The maximum Gasteiger partial charge on any atom is 0.274 e. The lowest BCUT2D eigenvalue weighted by Gasteiger charge is -2.34. The number of carbonyl (C=O) groups is 1. The third kappa shape index (κ3) is 3.92. The van der Waals surface area contributed by atoms with E-state index in [0.29, 0.717) is 5.69 Å². The second-order valence-corrected chi connectivity index (χ2v) is 7.01. The van der Waals surface area contributed by atoms with Crippen LogP contribution in [0.15, 0.2) is 24.3 Å². The summed E-state index contributed by atoms with van der Waals surface area (Å²) in [5.41, 5.74) is 5.41. The van der Waals surface area contributed by atoms with Crippen molar-refractivity contribution in [3.8, 4) is 0 Å². The minimum atomic E-state index is 0. The van der Waals surface area contributed by atoms with Crippen LogP contribution in [0.1, 0.15) is 32.9 Å². The molecule has 1 aromatic carbocycles. The van der Waals surface area contributed by atoms with Crippen LogP contribution in [-0.4, -0.2) is 58.6 Å². The van der Waals surface area contributed by atoms with Gasteiger partial charge in [-0.05, 0) is 12.5 Å². The van der Waals surface area contributed by atoms with Gasteiger partial charge >= 0.3 is 0 Å². The number of carbonyl (C=O) groups excluding carboxylic acids is 1. The molecule has 2 N–H and O–H groups in total. The van der Waals surface area contributed by atoms with Crippen molar-refractivity contribution >= 4 is 18.3 Å². The van der Waals surface area contributed by atoms with Gasteiger partial charge in [-0.25, -0.2) is 0 Å². The predicted octanol–water partition coefficient (Wildman–Crippen LogP) is 1.74. The molecule has 3 heterocycles. The van der Waals surface area contributed by atoms with E-state index >= 15 is 0 Å². The van der Waals surface area contributed by atoms with Crippen molar-refractivity contribution in [2.45, 2.75) is 26.4 Å². The van der Waals surface area contributed by atoms with Crippen LogP contribution in [0, 0.1) is 6.92 Å². The second-order valence-electron chi connectivity index (χ2n) is 7.01. The normalized spacial score (nSPS) is 17.5. The van der Waals surface area contributed by atoms with Crippen LogP contribution in [0.5, 0.6) is 0 Å². The first kappa shape index (κ1) is 18.9. The first-order valence-electron chi connectivity index (χ1n) is 9.05. The highest BCUT2D eigenvalue weighted by Crippen LogP contribution is 2.18. The molecule has 6 nitrogen and oxygen atoms in total. The summed E-state index contributed by atoms with van der Waals surface area (Å²) in [5, 5.41) is 10.7. The standard InChI is InChI=1S/C19H25N5O.ClH/c1-14-3-2-4-15(11-14)13-23-7-9-24(10-8-23)19(25)18-16-12-20-6-5-17(16)21-22-18;/h2-4,11,20H,5-10,12-13H2,1H3,(H,21,22);1H. The van der Waals surface area contributed by atoms with Crippen LogP contribution in [0.2, 0.25) is 0 Å². The van der Waals surface area contributed by atoms with Gasteiger partial charge in [-0.1, -0.05) is 29.8 Å². The third-order valence-electron chi connectivity index (χ3n) is 5.16. The number of piperazine rings is 1. The highest BCUT2D eigenvalue weighted by molar-refractivity contribution is 5.94. The van der Waals surface area contributed by atoms with Gasteiger partial charge in [0, 0.05) is 63.5 Å². The van der Waals surface area contributed by atoms with E-state index in [4.69, 9.17) is 0 Å². The van der Waals surface area contributed by atoms with Gasteiger partial charge in [-0.15, -0.1) is 12.4 Å². The van der Waals surface area contributed by atoms with Crippen molar-refractivity contribution in [3.05, 3.63) is 52.3 Å². The molecule has 0 unspecified atom stereocenters. The lowest BCUT2D eigenvalue weighted by atomic mass is 10.1. The Morgan fingerprint density at radius 2 is 2.04 bits per heavy atom. The van der Waals surface area contributed by atoms with E-state index in [2.05, 4.69) is 51.6 Å². The topological polar surface area (TPSA) is 64.3 Å². The molecule has 0 aliphatic carbocycles. The van der Waals surface area contributed by atoms with E-state index in [1.807, 2.05) is 4.90 Å². The molecule has 0 radical (unpaired) electrons. The molecule has 0 spiro atoms. The van der Waals surface area contributed by atoms with Gasteiger partial charge in [0.1, 0.15) is 0 Å². The number of nitrogens with zero attached hydrogens (tertiary/aromatic N) is 3. The second kappa shape index (κ2) is 8.20. The monoisotopic (exact) mass is 375 g/mol. The van der Waals surface area contributed by atoms with Gasteiger partial charge in [0.2, 0.25) is 0 Å². The molecule has 4 rings (SSSR count). The van der Waals surface area contributed by atoms with Crippen molar-refractivity contribution < 1.29 is 4.79 Å².